The van der Waals surface area contributed by atoms with Crippen molar-refractivity contribution in [3.63, 3.8) is 0 Å². The quantitative estimate of drug-likeness (QED) is 0.669. The second-order valence-corrected chi connectivity index (χ2v) is 3.27. The fourth-order valence-corrected chi connectivity index (χ4v) is 1.26. The molecule has 9 heteroatoms. The fraction of sp³-hybridized carbons (Fsp3) is 0.182. The Morgan fingerprint density at radius 3 is 2.35 bits per heavy atom. The molecule has 0 aliphatic carbocycles. The lowest BCUT2D eigenvalue weighted by atomic mass is 10.1. The van der Waals surface area contributed by atoms with Crippen LogP contribution in [0.3, 0.4) is 0 Å². The van der Waals surface area contributed by atoms with Gasteiger partial charge in [-0.25, -0.2) is 4.79 Å². The molecule has 4 nitrogen and oxygen atoms in total. The van der Waals surface area contributed by atoms with Gasteiger partial charge in [0.15, 0.2) is 0 Å². The molecule has 0 spiro atoms. The van der Waals surface area contributed by atoms with Crippen LogP contribution in [0.4, 0.5) is 22.0 Å². The molecule has 0 aliphatic heterocycles. The highest BCUT2D eigenvalue weighted by molar-refractivity contribution is 5.86. The van der Waals surface area contributed by atoms with Crippen molar-refractivity contribution in [1.82, 2.24) is 0 Å². The molecule has 110 valence electrons. The van der Waals surface area contributed by atoms with Gasteiger partial charge >= 0.3 is 18.9 Å². The lowest BCUT2D eigenvalue weighted by Crippen LogP contribution is -2.18. The Morgan fingerprint density at radius 2 is 1.85 bits per heavy atom. The van der Waals surface area contributed by atoms with Crippen molar-refractivity contribution in [2.24, 2.45) is 0 Å². The van der Waals surface area contributed by atoms with Gasteiger partial charge in [0, 0.05) is 6.08 Å². The fourth-order valence-electron chi connectivity index (χ4n) is 1.26. The van der Waals surface area contributed by atoms with Crippen LogP contribution in [-0.2, 0) is 4.79 Å². The maximum Gasteiger partial charge on any atom is 0.573 e. The SMILES string of the molecule is O=C(O)/C=C/c1c(OC(F)F)cccc1OC(F)(F)F. The highest BCUT2D eigenvalue weighted by atomic mass is 19.4. The van der Waals surface area contributed by atoms with Crippen LogP contribution < -0.4 is 9.47 Å². The lowest BCUT2D eigenvalue weighted by molar-refractivity contribution is -0.274. The van der Waals surface area contributed by atoms with E-state index in [1.807, 2.05) is 0 Å². The van der Waals surface area contributed by atoms with Crippen LogP contribution in [0.2, 0.25) is 0 Å². The van der Waals surface area contributed by atoms with Gasteiger partial charge in [-0.3, -0.25) is 0 Å². The third-order valence-electron chi connectivity index (χ3n) is 1.86. The van der Waals surface area contributed by atoms with E-state index < -0.39 is 36.0 Å². The summed E-state index contributed by atoms with van der Waals surface area (Å²) >= 11 is 0. The van der Waals surface area contributed by atoms with Crippen LogP contribution in [0.5, 0.6) is 11.5 Å². The van der Waals surface area contributed by atoms with Crippen molar-refractivity contribution >= 4 is 12.0 Å². The Kier molecular flexibility index (Phi) is 4.89. The van der Waals surface area contributed by atoms with Crippen molar-refractivity contribution in [2.45, 2.75) is 13.0 Å². The van der Waals surface area contributed by atoms with E-state index in [1.165, 1.54) is 0 Å². The highest BCUT2D eigenvalue weighted by Crippen LogP contribution is 2.34. The Bertz CT molecular complexity index is 510. The van der Waals surface area contributed by atoms with Gasteiger partial charge in [0.05, 0.1) is 5.56 Å². The number of ether oxygens (including phenoxy) is 2. The van der Waals surface area contributed by atoms with E-state index in [1.54, 1.807) is 0 Å². The topological polar surface area (TPSA) is 55.8 Å². The van der Waals surface area contributed by atoms with E-state index in [0.29, 0.717) is 12.2 Å². The molecule has 0 aromatic heterocycles. The minimum absolute atomic E-state index is 0.469. The zero-order valence-corrected chi connectivity index (χ0v) is 9.53. The van der Waals surface area contributed by atoms with E-state index in [2.05, 4.69) is 9.47 Å². The van der Waals surface area contributed by atoms with Crippen LogP contribution >= 0.6 is 0 Å². The van der Waals surface area contributed by atoms with Gasteiger partial charge in [0.25, 0.3) is 0 Å². The largest absolute Gasteiger partial charge is 0.573 e. The predicted molar refractivity (Wildman–Crippen MR) is 56.4 cm³/mol. The summed E-state index contributed by atoms with van der Waals surface area (Å²) in [4.78, 5) is 10.4. The van der Waals surface area contributed by atoms with Crippen molar-refractivity contribution < 1.29 is 41.3 Å². The Balaban J connectivity index is 3.24. The summed E-state index contributed by atoms with van der Waals surface area (Å²) in [6, 6.07) is 2.79. The number of rotatable bonds is 5. The van der Waals surface area contributed by atoms with Gasteiger partial charge in [0.2, 0.25) is 0 Å². The van der Waals surface area contributed by atoms with Crippen LogP contribution in [-0.4, -0.2) is 24.0 Å². The van der Waals surface area contributed by atoms with Gasteiger partial charge in [-0.1, -0.05) is 6.07 Å². The molecule has 1 rings (SSSR count). The normalized spacial score (nSPS) is 11.9. The van der Waals surface area contributed by atoms with E-state index in [0.717, 1.165) is 18.2 Å². The van der Waals surface area contributed by atoms with Gasteiger partial charge in [0.1, 0.15) is 11.5 Å². The summed E-state index contributed by atoms with van der Waals surface area (Å²) in [5.74, 6) is -2.97. The molecule has 20 heavy (non-hydrogen) atoms. The lowest BCUT2D eigenvalue weighted by Gasteiger charge is -2.14. The first-order chi connectivity index (χ1) is 9.19. The average Bonchev–Trinajstić information content (AvgIpc) is 2.24. The molecule has 0 atom stereocenters. The summed E-state index contributed by atoms with van der Waals surface area (Å²) < 4.78 is 68.4. The molecule has 1 N–H and O–H groups in total. The molecule has 0 fully saturated rings. The molecule has 0 aliphatic rings. The molecule has 0 saturated carbocycles. The van der Waals surface area contributed by atoms with E-state index in [-0.39, 0.29) is 0 Å². The van der Waals surface area contributed by atoms with Crippen molar-refractivity contribution in [2.75, 3.05) is 0 Å². The van der Waals surface area contributed by atoms with Gasteiger partial charge in [-0.05, 0) is 18.2 Å². The second kappa shape index (κ2) is 6.22. The molecular formula is C11H7F5O4. The smallest absolute Gasteiger partial charge is 0.478 e. The molecule has 0 bridgehead atoms. The number of benzene rings is 1. The molecule has 0 amide bonds. The monoisotopic (exact) mass is 298 g/mol. The first-order valence-corrected chi connectivity index (χ1v) is 4.93. The Hall–Kier alpha value is -2.32. The van der Waals surface area contributed by atoms with Gasteiger partial charge < -0.3 is 14.6 Å². The molecular weight excluding hydrogens is 291 g/mol. The van der Waals surface area contributed by atoms with Crippen LogP contribution in [0.25, 0.3) is 6.08 Å². The molecule has 1 aromatic rings. The Morgan fingerprint density at radius 1 is 1.25 bits per heavy atom. The van der Waals surface area contributed by atoms with Crippen molar-refractivity contribution in [3.05, 3.63) is 29.8 Å². The molecule has 0 unspecified atom stereocenters. The minimum atomic E-state index is -5.06. The number of carboxylic acid groups (broad SMARTS) is 1. The average molecular weight is 298 g/mol. The number of hydrogen-bond acceptors (Lipinski definition) is 3. The molecule has 1 aromatic carbocycles. The summed E-state index contributed by atoms with van der Waals surface area (Å²) in [7, 11) is 0. The third-order valence-corrected chi connectivity index (χ3v) is 1.86. The second-order valence-electron chi connectivity index (χ2n) is 3.27. The Labute approximate surface area is 109 Å². The number of carbonyl (C=O) groups is 1. The first-order valence-electron chi connectivity index (χ1n) is 4.93. The summed E-state index contributed by atoms with van der Waals surface area (Å²) in [6.07, 6.45) is -3.92. The molecule has 0 radical (unpaired) electrons. The third kappa shape index (κ3) is 5.12. The number of aliphatic carboxylic acids is 1. The zero-order chi connectivity index (χ0) is 15.3. The number of alkyl halides is 5. The number of halogens is 5. The maximum atomic E-state index is 12.2. The molecule has 0 saturated heterocycles. The summed E-state index contributed by atoms with van der Waals surface area (Å²) in [6.45, 7) is -3.28. The highest BCUT2D eigenvalue weighted by Gasteiger charge is 2.32. The van der Waals surface area contributed by atoms with Crippen LogP contribution in [0, 0.1) is 0 Å². The predicted octanol–water partition coefficient (Wildman–Crippen LogP) is 3.28. The van der Waals surface area contributed by atoms with Gasteiger partial charge in [-0.15, -0.1) is 13.2 Å². The van der Waals surface area contributed by atoms with E-state index in [4.69, 9.17) is 5.11 Å². The van der Waals surface area contributed by atoms with Crippen molar-refractivity contribution in [1.29, 1.82) is 0 Å². The zero-order valence-electron chi connectivity index (χ0n) is 9.53. The number of hydrogen-bond donors (Lipinski definition) is 1. The summed E-state index contributed by atoms with van der Waals surface area (Å²) in [5, 5.41) is 8.43. The number of carboxylic acids is 1. The minimum Gasteiger partial charge on any atom is -0.478 e. The van der Waals surface area contributed by atoms with E-state index in [9.17, 15) is 26.7 Å². The van der Waals surface area contributed by atoms with Gasteiger partial charge in [-0.2, -0.15) is 8.78 Å². The van der Waals surface area contributed by atoms with E-state index >= 15 is 0 Å². The van der Waals surface area contributed by atoms with Crippen LogP contribution in [0.1, 0.15) is 5.56 Å². The molecule has 0 heterocycles. The standard InChI is InChI=1S/C11H7F5O4/c12-10(13)19-7-2-1-3-8(20-11(14,15)16)6(7)4-5-9(17)18/h1-5,10H,(H,17,18)/b5-4+. The summed E-state index contributed by atoms with van der Waals surface area (Å²) in [5.41, 5.74) is -0.562. The van der Waals surface area contributed by atoms with Crippen LogP contribution in [0.15, 0.2) is 24.3 Å². The van der Waals surface area contributed by atoms with Crippen molar-refractivity contribution in [3.8, 4) is 11.5 Å². The first kappa shape index (κ1) is 15.7. The maximum absolute atomic E-state index is 12.2.